The van der Waals surface area contributed by atoms with E-state index in [2.05, 4.69) is 4.98 Å². The van der Waals surface area contributed by atoms with Crippen molar-refractivity contribution in [1.29, 1.82) is 0 Å². The van der Waals surface area contributed by atoms with Crippen molar-refractivity contribution in [2.75, 3.05) is 7.05 Å². The number of carbonyl (C=O) groups excluding carboxylic acids is 1. The van der Waals surface area contributed by atoms with Crippen LogP contribution in [0.5, 0.6) is 0 Å². The van der Waals surface area contributed by atoms with Gasteiger partial charge in [0.2, 0.25) is 5.91 Å². The lowest BCUT2D eigenvalue weighted by Gasteiger charge is -2.17. The summed E-state index contributed by atoms with van der Waals surface area (Å²) < 4.78 is 1.92. The van der Waals surface area contributed by atoms with Crippen molar-refractivity contribution in [2.24, 2.45) is 12.8 Å². The Hall–Kier alpha value is -2.14. The van der Waals surface area contributed by atoms with Gasteiger partial charge in [0.15, 0.2) is 0 Å². The average Bonchev–Trinajstić information content (AvgIpc) is 2.85. The molecule has 20 heavy (non-hydrogen) atoms. The van der Waals surface area contributed by atoms with Gasteiger partial charge in [-0.3, -0.25) is 4.79 Å². The average molecular weight is 272 g/mol. The highest BCUT2D eigenvalue weighted by Gasteiger charge is 2.12. The van der Waals surface area contributed by atoms with Crippen LogP contribution in [0, 0.1) is 0 Å². The maximum atomic E-state index is 12.2. The fourth-order valence-electron chi connectivity index (χ4n) is 1.95. The fraction of sp³-hybridized carbons (Fsp3) is 0.333. The van der Waals surface area contributed by atoms with Crippen LogP contribution in [0.15, 0.2) is 36.7 Å². The van der Waals surface area contributed by atoms with Gasteiger partial charge in [-0.1, -0.05) is 24.3 Å². The quantitative estimate of drug-likeness (QED) is 0.886. The molecule has 2 rings (SSSR count). The number of aryl methyl sites for hydroxylation is 1. The maximum absolute atomic E-state index is 12.2. The van der Waals surface area contributed by atoms with Gasteiger partial charge in [0.1, 0.15) is 5.82 Å². The predicted molar refractivity (Wildman–Crippen MR) is 77.7 cm³/mol. The number of aromatic nitrogens is 2. The molecule has 0 aliphatic heterocycles. The Balaban J connectivity index is 1.95. The minimum Gasteiger partial charge on any atom is -0.338 e. The molecule has 0 saturated carbocycles. The monoisotopic (exact) mass is 272 g/mol. The molecular formula is C15H20N4O. The third-order valence-electron chi connectivity index (χ3n) is 3.34. The third-order valence-corrected chi connectivity index (χ3v) is 3.34. The van der Waals surface area contributed by atoms with E-state index in [-0.39, 0.29) is 5.91 Å². The zero-order valence-electron chi connectivity index (χ0n) is 11.9. The Kier molecular flexibility index (Phi) is 4.53. The van der Waals surface area contributed by atoms with E-state index in [1.165, 1.54) is 0 Å². The van der Waals surface area contributed by atoms with Crippen molar-refractivity contribution in [1.82, 2.24) is 14.5 Å². The second-order valence-electron chi connectivity index (χ2n) is 4.90. The van der Waals surface area contributed by atoms with Crippen molar-refractivity contribution in [3.63, 3.8) is 0 Å². The predicted octanol–water partition coefficient (Wildman–Crippen LogP) is 1.08. The van der Waals surface area contributed by atoms with Gasteiger partial charge < -0.3 is 15.2 Å². The molecule has 0 saturated heterocycles. The molecule has 1 aromatic heterocycles. The molecule has 0 radical (unpaired) electrons. The fourth-order valence-corrected chi connectivity index (χ4v) is 1.95. The van der Waals surface area contributed by atoms with Gasteiger partial charge in [-0.2, -0.15) is 0 Å². The van der Waals surface area contributed by atoms with Crippen LogP contribution in [0.2, 0.25) is 0 Å². The summed E-state index contributed by atoms with van der Waals surface area (Å²) in [6, 6.07) is 7.83. The van der Waals surface area contributed by atoms with Gasteiger partial charge in [0.25, 0.3) is 0 Å². The summed E-state index contributed by atoms with van der Waals surface area (Å²) in [5.74, 6) is 0.952. The van der Waals surface area contributed by atoms with Crippen LogP contribution in [0.25, 0.3) is 0 Å². The number of amides is 1. The lowest BCUT2D eigenvalue weighted by Crippen LogP contribution is -2.28. The van der Waals surface area contributed by atoms with Gasteiger partial charge in [0.05, 0.1) is 13.0 Å². The first kappa shape index (κ1) is 14.3. The highest BCUT2D eigenvalue weighted by molar-refractivity contribution is 5.78. The van der Waals surface area contributed by atoms with E-state index in [1.54, 1.807) is 18.1 Å². The number of nitrogens with zero attached hydrogens (tertiary/aromatic N) is 3. The normalized spacial score (nSPS) is 10.6. The van der Waals surface area contributed by atoms with Crippen molar-refractivity contribution >= 4 is 5.91 Å². The Morgan fingerprint density at radius 1 is 1.30 bits per heavy atom. The number of hydrogen-bond acceptors (Lipinski definition) is 3. The van der Waals surface area contributed by atoms with E-state index in [1.807, 2.05) is 42.1 Å². The van der Waals surface area contributed by atoms with Gasteiger partial charge in [-0.25, -0.2) is 4.98 Å². The summed E-state index contributed by atoms with van der Waals surface area (Å²) in [6.45, 7) is 1.04. The molecule has 0 fully saturated rings. The number of likely N-dealkylation sites (N-methyl/N-ethyl adjacent to an activating group) is 1. The van der Waals surface area contributed by atoms with E-state index < -0.39 is 0 Å². The maximum Gasteiger partial charge on any atom is 0.227 e. The van der Waals surface area contributed by atoms with Crippen molar-refractivity contribution < 1.29 is 4.79 Å². The Morgan fingerprint density at radius 3 is 2.50 bits per heavy atom. The molecule has 0 unspecified atom stereocenters. The lowest BCUT2D eigenvalue weighted by atomic mass is 10.1. The molecule has 1 heterocycles. The minimum absolute atomic E-state index is 0.0773. The van der Waals surface area contributed by atoms with Gasteiger partial charge >= 0.3 is 0 Å². The van der Waals surface area contributed by atoms with E-state index in [9.17, 15) is 4.79 Å². The van der Waals surface area contributed by atoms with Gasteiger partial charge in [-0.15, -0.1) is 0 Å². The van der Waals surface area contributed by atoms with Crippen LogP contribution in [-0.4, -0.2) is 27.4 Å². The summed E-state index contributed by atoms with van der Waals surface area (Å²) in [5, 5.41) is 0. The smallest absolute Gasteiger partial charge is 0.227 e. The first-order chi connectivity index (χ1) is 9.60. The number of rotatable bonds is 5. The van der Waals surface area contributed by atoms with Crippen LogP contribution < -0.4 is 5.73 Å². The van der Waals surface area contributed by atoms with Gasteiger partial charge in [-0.05, 0) is 11.1 Å². The van der Waals surface area contributed by atoms with E-state index in [4.69, 9.17) is 5.73 Å². The SMILES string of the molecule is CN(Cc1nccn1C)C(=O)Cc1ccc(CN)cc1. The molecule has 0 bridgehead atoms. The Morgan fingerprint density at radius 2 is 1.95 bits per heavy atom. The molecule has 5 nitrogen and oxygen atoms in total. The summed E-state index contributed by atoms with van der Waals surface area (Å²) in [7, 11) is 3.72. The zero-order valence-corrected chi connectivity index (χ0v) is 11.9. The van der Waals surface area contributed by atoms with E-state index >= 15 is 0 Å². The zero-order chi connectivity index (χ0) is 14.5. The third kappa shape index (κ3) is 3.45. The van der Waals surface area contributed by atoms with Crippen LogP contribution >= 0.6 is 0 Å². The highest BCUT2D eigenvalue weighted by atomic mass is 16.2. The number of benzene rings is 1. The molecule has 1 aromatic carbocycles. The highest BCUT2D eigenvalue weighted by Crippen LogP contribution is 2.07. The van der Waals surface area contributed by atoms with Crippen LogP contribution in [-0.2, 0) is 31.4 Å². The first-order valence-electron chi connectivity index (χ1n) is 6.58. The standard InChI is InChI=1S/C15H20N4O/c1-18-8-7-17-14(18)11-19(2)15(20)9-12-3-5-13(10-16)6-4-12/h3-8H,9-11,16H2,1-2H3. The van der Waals surface area contributed by atoms with Crippen LogP contribution in [0.3, 0.4) is 0 Å². The summed E-state index contributed by atoms with van der Waals surface area (Å²) >= 11 is 0. The minimum atomic E-state index is 0.0773. The first-order valence-corrected chi connectivity index (χ1v) is 6.58. The Labute approximate surface area is 119 Å². The summed E-state index contributed by atoms with van der Waals surface area (Å²) in [4.78, 5) is 18.1. The van der Waals surface area contributed by atoms with Crippen molar-refractivity contribution in [3.8, 4) is 0 Å². The van der Waals surface area contributed by atoms with Crippen LogP contribution in [0.1, 0.15) is 17.0 Å². The summed E-state index contributed by atoms with van der Waals surface area (Å²) in [6.07, 6.45) is 4.00. The molecular weight excluding hydrogens is 252 g/mol. The molecule has 106 valence electrons. The molecule has 0 aliphatic rings. The van der Waals surface area contributed by atoms with Crippen molar-refractivity contribution in [3.05, 3.63) is 53.6 Å². The second-order valence-corrected chi connectivity index (χ2v) is 4.90. The van der Waals surface area contributed by atoms with E-state index in [0.717, 1.165) is 17.0 Å². The Bertz CT molecular complexity index is 574. The molecule has 0 atom stereocenters. The largest absolute Gasteiger partial charge is 0.338 e. The second kappa shape index (κ2) is 6.34. The topological polar surface area (TPSA) is 64.2 Å². The van der Waals surface area contributed by atoms with Crippen LogP contribution in [0.4, 0.5) is 0 Å². The molecule has 0 spiro atoms. The molecule has 5 heteroatoms. The number of carbonyl (C=O) groups is 1. The van der Waals surface area contributed by atoms with E-state index in [0.29, 0.717) is 19.5 Å². The molecule has 2 N–H and O–H groups in total. The lowest BCUT2D eigenvalue weighted by molar-refractivity contribution is -0.129. The molecule has 0 aliphatic carbocycles. The molecule has 2 aromatic rings. The summed E-state index contributed by atoms with van der Waals surface area (Å²) in [5.41, 5.74) is 7.63. The number of imidazole rings is 1. The van der Waals surface area contributed by atoms with Gasteiger partial charge in [0, 0.05) is 33.0 Å². The van der Waals surface area contributed by atoms with Crippen molar-refractivity contribution in [2.45, 2.75) is 19.5 Å². The number of nitrogens with two attached hydrogens (primary N) is 1. The molecule has 1 amide bonds. The number of hydrogen-bond donors (Lipinski definition) is 1.